The van der Waals surface area contributed by atoms with Crippen LogP contribution in [0.3, 0.4) is 0 Å². The minimum absolute atomic E-state index is 0.0184. The zero-order valence-corrected chi connectivity index (χ0v) is 20.8. The van der Waals surface area contributed by atoms with E-state index in [0.29, 0.717) is 15.8 Å². The fourth-order valence-electron chi connectivity index (χ4n) is 2.64. The summed E-state index contributed by atoms with van der Waals surface area (Å²) in [6, 6.07) is 11.9. The van der Waals surface area contributed by atoms with Crippen molar-refractivity contribution in [3.05, 3.63) is 61.6 Å². The van der Waals surface area contributed by atoms with Crippen LogP contribution in [0.15, 0.2) is 42.5 Å². The third kappa shape index (κ3) is 7.32. The van der Waals surface area contributed by atoms with Gasteiger partial charge in [-0.1, -0.05) is 36.2 Å². The molecule has 0 aromatic heterocycles. The van der Waals surface area contributed by atoms with Gasteiger partial charge < -0.3 is 15.0 Å². The third-order valence-electron chi connectivity index (χ3n) is 4.68. The number of carbonyl (C=O) groups excluding carboxylic acids is 2. The Kier molecular flexibility index (Phi) is 9.71. The summed E-state index contributed by atoms with van der Waals surface area (Å²) in [5.41, 5.74) is 0.773. The number of nitrogens with zero attached hydrogens (tertiary/aromatic N) is 1. The Morgan fingerprint density at radius 2 is 1.77 bits per heavy atom. The second-order valence-corrected chi connectivity index (χ2v) is 9.07. The Morgan fingerprint density at radius 1 is 1.10 bits per heavy atom. The van der Waals surface area contributed by atoms with Gasteiger partial charge in [-0.2, -0.15) is 0 Å². The molecule has 0 radical (unpaired) electrons. The molecule has 5 nitrogen and oxygen atoms in total. The van der Waals surface area contributed by atoms with Crippen molar-refractivity contribution in [2.24, 2.45) is 0 Å². The first-order chi connectivity index (χ1) is 14.2. The number of nitrogens with one attached hydrogen (secondary N) is 1. The summed E-state index contributed by atoms with van der Waals surface area (Å²) in [7, 11) is 0. The van der Waals surface area contributed by atoms with Crippen LogP contribution in [0.4, 0.5) is 0 Å². The molecule has 2 rings (SSSR count). The molecule has 0 saturated heterocycles. The highest BCUT2D eigenvalue weighted by molar-refractivity contribution is 14.1. The smallest absolute Gasteiger partial charge is 0.261 e. The molecule has 2 atom stereocenters. The van der Waals surface area contributed by atoms with E-state index >= 15 is 0 Å². The van der Waals surface area contributed by atoms with Crippen molar-refractivity contribution in [3.8, 4) is 5.75 Å². The molecule has 162 valence electrons. The highest BCUT2D eigenvalue weighted by Gasteiger charge is 2.27. The molecule has 30 heavy (non-hydrogen) atoms. The quantitative estimate of drug-likeness (QED) is 0.421. The second kappa shape index (κ2) is 11.8. The number of hydrogen-bond donors (Lipinski definition) is 1. The Hall–Kier alpha value is -1.51. The van der Waals surface area contributed by atoms with E-state index in [0.717, 1.165) is 15.6 Å². The highest BCUT2D eigenvalue weighted by Crippen LogP contribution is 2.24. The van der Waals surface area contributed by atoms with Crippen molar-refractivity contribution in [2.75, 3.05) is 6.61 Å². The van der Waals surface area contributed by atoms with Gasteiger partial charge in [-0.3, -0.25) is 9.59 Å². The Labute approximate surface area is 201 Å². The molecule has 0 spiro atoms. The van der Waals surface area contributed by atoms with E-state index < -0.39 is 6.04 Å². The number of ether oxygens (including phenoxy) is 1. The maximum absolute atomic E-state index is 13.0. The molecular formula is C22H25Cl2IN2O3. The molecular weight excluding hydrogens is 538 g/mol. The molecule has 8 heteroatoms. The lowest BCUT2D eigenvalue weighted by Crippen LogP contribution is -2.50. The summed E-state index contributed by atoms with van der Waals surface area (Å²) in [6.07, 6.45) is 0.801. The van der Waals surface area contributed by atoms with Gasteiger partial charge in [0.15, 0.2) is 6.61 Å². The Bertz CT molecular complexity index is 877. The second-order valence-electron chi connectivity index (χ2n) is 7.01. The molecule has 0 aliphatic heterocycles. The Morgan fingerprint density at radius 3 is 2.37 bits per heavy atom. The normalized spacial score (nSPS) is 12.7. The van der Waals surface area contributed by atoms with Crippen molar-refractivity contribution in [2.45, 2.75) is 45.8 Å². The lowest BCUT2D eigenvalue weighted by atomic mass is 10.1. The summed E-state index contributed by atoms with van der Waals surface area (Å²) in [5.74, 6) is 0.0772. The average molecular weight is 563 g/mol. The predicted octanol–water partition coefficient (Wildman–Crippen LogP) is 5.31. The summed E-state index contributed by atoms with van der Waals surface area (Å²) >= 11 is 14.3. The van der Waals surface area contributed by atoms with Crippen molar-refractivity contribution in [1.29, 1.82) is 0 Å². The monoisotopic (exact) mass is 562 g/mol. The van der Waals surface area contributed by atoms with Crippen LogP contribution in [0.25, 0.3) is 0 Å². The first-order valence-electron chi connectivity index (χ1n) is 9.63. The molecule has 2 aromatic rings. The van der Waals surface area contributed by atoms with E-state index in [1.54, 1.807) is 37.3 Å². The van der Waals surface area contributed by atoms with Crippen LogP contribution >= 0.6 is 45.8 Å². The summed E-state index contributed by atoms with van der Waals surface area (Å²) in [4.78, 5) is 27.2. The van der Waals surface area contributed by atoms with Gasteiger partial charge in [0.05, 0.1) is 10.0 Å². The van der Waals surface area contributed by atoms with Crippen molar-refractivity contribution in [3.63, 3.8) is 0 Å². The highest BCUT2D eigenvalue weighted by atomic mass is 127. The fraction of sp³-hybridized carbons (Fsp3) is 0.364. The predicted molar refractivity (Wildman–Crippen MR) is 129 cm³/mol. The molecule has 1 N–H and O–H groups in total. The van der Waals surface area contributed by atoms with Crippen LogP contribution in [0.2, 0.25) is 10.0 Å². The fourth-order valence-corrected chi connectivity index (χ4v) is 3.32. The molecule has 0 bridgehead atoms. The summed E-state index contributed by atoms with van der Waals surface area (Å²) in [5, 5.41) is 3.76. The maximum Gasteiger partial charge on any atom is 0.261 e. The van der Waals surface area contributed by atoms with Gasteiger partial charge in [-0.15, -0.1) is 0 Å². The van der Waals surface area contributed by atoms with Gasteiger partial charge >= 0.3 is 0 Å². The summed E-state index contributed by atoms with van der Waals surface area (Å²) < 4.78 is 6.72. The zero-order chi connectivity index (χ0) is 22.3. The van der Waals surface area contributed by atoms with Crippen LogP contribution in [-0.2, 0) is 16.1 Å². The molecule has 0 heterocycles. The first-order valence-corrected chi connectivity index (χ1v) is 11.5. The van der Waals surface area contributed by atoms with Crippen molar-refractivity contribution in [1.82, 2.24) is 10.2 Å². The largest absolute Gasteiger partial charge is 0.484 e. The number of amides is 2. The van der Waals surface area contributed by atoms with Gasteiger partial charge in [0.1, 0.15) is 11.8 Å². The topological polar surface area (TPSA) is 58.6 Å². The maximum atomic E-state index is 13.0. The van der Waals surface area contributed by atoms with Gasteiger partial charge in [0, 0.05) is 16.2 Å². The molecule has 0 aliphatic rings. The van der Waals surface area contributed by atoms with Gasteiger partial charge in [-0.25, -0.2) is 0 Å². The SMILES string of the molecule is CC[C@H](C)NC(=O)[C@H](C)N(Cc1ccc(Cl)c(Cl)c1)C(=O)COc1ccc(I)cc1. The zero-order valence-electron chi connectivity index (χ0n) is 17.1. The van der Waals surface area contributed by atoms with Crippen molar-refractivity contribution < 1.29 is 14.3 Å². The molecule has 2 aromatic carbocycles. The number of halogens is 3. The number of carbonyl (C=O) groups is 2. The van der Waals surface area contributed by atoms with Crippen molar-refractivity contribution >= 4 is 57.6 Å². The minimum Gasteiger partial charge on any atom is -0.484 e. The Balaban J connectivity index is 2.17. The van der Waals surface area contributed by atoms with Crippen LogP contribution in [0.1, 0.15) is 32.8 Å². The van der Waals surface area contributed by atoms with Gasteiger partial charge in [0.2, 0.25) is 5.91 Å². The lowest BCUT2D eigenvalue weighted by molar-refractivity contribution is -0.142. The standard InChI is InChI=1S/C22H25Cl2IN2O3/c1-4-14(2)26-22(29)15(3)27(12-16-5-10-19(23)20(24)11-16)21(28)13-30-18-8-6-17(25)7-9-18/h5-11,14-15H,4,12-13H2,1-3H3,(H,26,29)/t14-,15-/m0/s1. The van der Waals surface area contributed by atoms with Crippen LogP contribution < -0.4 is 10.1 Å². The molecule has 0 fully saturated rings. The molecule has 0 saturated carbocycles. The van der Waals surface area contributed by atoms with Crippen LogP contribution in [0.5, 0.6) is 5.75 Å². The minimum atomic E-state index is -0.679. The summed E-state index contributed by atoms with van der Waals surface area (Å²) in [6.45, 7) is 5.65. The molecule has 0 unspecified atom stereocenters. The number of rotatable bonds is 9. The van der Waals surface area contributed by atoms with Gasteiger partial charge in [0.25, 0.3) is 5.91 Å². The van der Waals surface area contributed by atoms with Gasteiger partial charge in [-0.05, 0) is 84.8 Å². The van der Waals surface area contributed by atoms with E-state index in [1.807, 2.05) is 26.0 Å². The van der Waals surface area contributed by atoms with Crippen LogP contribution in [0, 0.1) is 3.57 Å². The van der Waals surface area contributed by atoms with E-state index in [9.17, 15) is 9.59 Å². The van der Waals surface area contributed by atoms with E-state index in [4.69, 9.17) is 27.9 Å². The lowest BCUT2D eigenvalue weighted by Gasteiger charge is -2.29. The van der Waals surface area contributed by atoms with E-state index in [1.165, 1.54) is 4.90 Å². The molecule has 2 amide bonds. The molecule has 0 aliphatic carbocycles. The average Bonchev–Trinajstić information content (AvgIpc) is 2.73. The number of hydrogen-bond acceptors (Lipinski definition) is 3. The number of benzene rings is 2. The van der Waals surface area contributed by atoms with E-state index in [2.05, 4.69) is 27.9 Å². The van der Waals surface area contributed by atoms with Crippen LogP contribution in [-0.4, -0.2) is 35.4 Å². The van der Waals surface area contributed by atoms with E-state index in [-0.39, 0.29) is 31.0 Å². The first kappa shape index (κ1) is 24.8. The third-order valence-corrected chi connectivity index (χ3v) is 6.14.